The molecule has 2 rings (SSSR count). The number of anilines is 1. The molecule has 0 spiro atoms. The topological polar surface area (TPSA) is 63.3 Å². The summed E-state index contributed by atoms with van der Waals surface area (Å²) in [6.45, 7) is 0. The summed E-state index contributed by atoms with van der Waals surface area (Å²) in [5.74, 6) is 1.77. The summed E-state index contributed by atoms with van der Waals surface area (Å²) in [7, 11) is 0. The number of carboxylic acids is 1. The Morgan fingerprint density at radius 2 is 2.11 bits per heavy atom. The summed E-state index contributed by atoms with van der Waals surface area (Å²) in [6, 6.07) is 5.34. The first-order valence-electron chi connectivity index (χ1n) is 6.37. The van der Waals surface area contributed by atoms with Crippen LogP contribution < -0.4 is 5.73 Å². The van der Waals surface area contributed by atoms with Crippen LogP contribution >= 0.6 is 11.8 Å². The zero-order chi connectivity index (χ0) is 13.0. The van der Waals surface area contributed by atoms with E-state index in [9.17, 15) is 4.79 Å². The quantitative estimate of drug-likeness (QED) is 0.801. The van der Waals surface area contributed by atoms with Crippen LogP contribution in [0.1, 0.15) is 41.6 Å². The maximum Gasteiger partial charge on any atom is 0.338 e. The molecular weight excluding hydrogens is 246 g/mol. The van der Waals surface area contributed by atoms with Gasteiger partial charge in [-0.25, -0.2) is 4.79 Å². The average Bonchev–Trinajstić information content (AvgIpc) is 2.81. The molecule has 0 aliphatic heterocycles. The van der Waals surface area contributed by atoms with Gasteiger partial charge in [0.2, 0.25) is 0 Å². The smallest absolute Gasteiger partial charge is 0.338 e. The molecule has 1 aliphatic carbocycles. The fourth-order valence-corrected chi connectivity index (χ4v) is 3.76. The number of carbonyl (C=O) groups is 1. The van der Waals surface area contributed by atoms with Gasteiger partial charge in [-0.3, -0.25) is 0 Å². The Hall–Kier alpha value is -1.16. The molecular formula is C14H19NO2S. The molecule has 1 fully saturated rings. The highest BCUT2D eigenvalue weighted by atomic mass is 32.2. The number of rotatable bonds is 5. The van der Waals surface area contributed by atoms with Crippen LogP contribution in [0.3, 0.4) is 0 Å². The van der Waals surface area contributed by atoms with Crippen LogP contribution in [0.4, 0.5) is 5.69 Å². The van der Waals surface area contributed by atoms with Gasteiger partial charge in [0, 0.05) is 11.4 Å². The third kappa shape index (κ3) is 3.19. The minimum absolute atomic E-state index is 0.274. The van der Waals surface area contributed by atoms with Crippen LogP contribution in [0.15, 0.2) is 18.2 Å². The van der Waals surface area contributed by atoms with Crippen molar-refractivity contribution in [3.05, 3.63) is 29.3 Å². The summed E-state index contributed by atoms with van der Waals surface area (Å²) in [4.78, 5) is 11.2. The molecule has 3 nitrogen and oxygen atoms in total. The van der Waals surface area contributed by atoms with E-state index >= 15 is 0 Å². The molecule has 0 amide bonds. The second-order valence-corrected chi connectivity index (χ2v) is 5.88. The molecule has 0 atom stereocenters. The molecule has 0 saturated heterocycles. The molecule has 0 heterocycles. The molecule has 3 N–H and O–H groups in total. The van der Waals surface area contributed by atoms with Crippen molar-refractivity contribution in [2.45, 2.75) is 31.4 Å². The lowest BCUT2D eigenvalue weighted by Gasteiger charge is -2.11. The lowest BCUT2D eigenvalue weighted by molar-refractivity contribution is 0.0697. The number of aromatic carboxylic acids is 1. The molecule has 0 radical (unpaired) electrons. The number of carboxylic acid groups (broad SMARTS) is 1. The molecule has 1 aromatic carbocycles. The first-order chi connectivity index (χ1) is 8.68. The van der Waals surface area contributed by atoms with Gasteiger partial charge in [0.15, 0.2) is 0 Å². The predicted octanol–water partition coefficient (Wildman–Crippen LogP) is 3.39. The van der Waals surface area contributed by atoms with Crippen molar-refractivity contribution in [1.82, 2.24) is 0 Å². The van der Waals surface area contributed by atoms with Crippen LogP contribution in [0, 0.1) is 5.92 Å². The van der Waals surface area contributed by atoms with E-state index in [1.807, 2.05) is 23.9 Å². The second-order valence-electron chi connectivity index (χ2n) is 4.85. The standard InChI is InChI=1S/C14H19NO2S/c15-12-7-3-6-11(13(12)14(16)17)9-18-8-10-4-1-2-5-10/h3,6-7,10H,1-2,4-5,8-9,15H2,(H,16,17). The van der Waals surface area contributed by atoms with Crippen LogP contribution in [-0.2, 0) is 5.75 Å². The van der Waals surface area contributed by atoms with Crippen LogP contribution in [0.5, 0.6) is 0 Å². The molecule has 98 valence electrons. The van der Waals surface area contributed by atoms with Crippen molar-refractivity contribution in [3.63, 3.8) is 0 Å². The summed E-state index contributed by atoms with van der Waals surface area (Å²) < 4.78 is 0. The maximum absolute atomic E-state index is 11.2. The Kier molecular flexibility index (Phi) is 4.53. The Bertz CT molecular complexity index is 428. The molecule has 18 heavy (non-hydrogen) atoms. The molecule has 0 aromatic heterocycles. The highest BCUT2D eigenvalue weighted by Gasteiger charge is 2.16. The highest BCUT2D eigenvalue weighted by molar-refractivity contribution is 7.98. The van der Waals surface area contributed by atoms with Crippen molar-refractivity contribution >= 4 is 23.4 Å². The third-order valence-electron chi connectivity index (χ3n) is 3.48. The van der Waals surface area contributed by atoms with E-state index in [1.165, 1.54) is 25.7 Å². The van der Waals surface area contributed by atoms with Crippen LogP contribution in [-0.4, -0.2) is 16.8 Å². The lowest BCUT2D eigenvalue weighted by Crippen LogP contribution is -2.07. The van der Waals surface area contributed by atoms with Crippen LogP contribution in [0.25, 0.3) is 0 Å². The first kappa shape index (κ1) is 13.3. The number of benzene rings is 1. The van der Waals surface area contributed by atoms with Gasteiger partial charge in [0.25, 0.3) is 0 Å². The Labute approximate surface area is 112 Å². The molecule has 1 saturated carbocycles. The molecule has 4 heteroatoms. The SMILES string of the molecule is Nc1cccc(CSCC2CCCC2)c1C(=O)O. The van der Waals surface area contributed by atoms with Gasteiger partial charge < -0.3 is 10.8 Å². The normalized spacial score (nSPS) is 16.0. The molecule has 1 aliphatic rings. The van der Waals surface area contributed by atoms with Crippen LogP contribution in [0.2, 0.25) is 0 Å². The van der Waals surface area contributed by atoms with E-state index < -0.39 is 5.97 Å². The van der Waals surface area contributed by atoms with Gasteiger partial charge in [-0.2, -0.15) is 11.8 Å². The highest BCUT2D eigenvalue weighted by Crippen LogP contribution is 2.30. The minimum atomic E-state index is -0.926. The Morgan fingerprint density at radius 1 is 1.39 bits per heavy atom. The predicted molar refractivity (Wildman–Crippen MR) is 75.9 cm³/mol. The zero-order valence-electron chi connectivity index (χ0n) is 10.4. The number of hydrogen-bond donors (Lipinski definition) is 2. The summed E-state index contributed by atoms with van der Waals surface area (Å²) in [5, 5.41) is 9.17. The largest absolute Gasteiger partial charge is 0.478 e. The van der Waals surface area contributed by atoms with E-state index in [2.05, 4.69) is 0 Å². The molecule has 0 bridgehead atoms. The van der Waals surface area contributed by atoms with Gasteiger partial charge in [0.1, 0.15) is 0 Å². The average molecular weight is 265 g/mol. The summed E-state index contributed by atoms with van der Waals surface area (Å²) in [6.07, 6.45) is 5.36. The van der Waals surface area contributed by atoms with E-state index in [0.29, 0.717) is 5.69 Å². The van der Waals surface area contributed by atoms with Crippen molar-refractivity contribution in [2.75, 3.05) is 11.5 Å². The van der Waals surface area contributed by atoms with E-state index in [-0.39, 0.29) is 5.56 Å². The van der Waals surface area contributed by atoms with Gasteiger partial charge in [0.05, 0.1) is 5.56 Å². The third-order valence-corrected chi connectivity index (χ3v) is 4.70. The second kappa shape index (κ2) is 6.14. The number of thioether (sulfide) groups is 1. The fourth-order valence-electron chi connectivity index (χ4n) is 2.51. The summed E-state index contributed by atoms with van der Waals surface area (Å²) in [5.41, 5.74) is 7.20. The molecule has 0 unspecified atom stereocenters. The van der Waals surface area contributed by atoms with Gasteiger partial charge in [-0.1, -0.05) is 25.0 Å². The number of hydrogen-bond acceptors (Lipinski definition) is 3. The van der Waals surface area contributed by atoms with Crippen molar-refractivity contribution in [3.8, 4) is 0 Å². The Morgan fingerprint density at radius 3 is 2.78 bits per heavy atom. The van der Waals surface area contributed by atoms with Gasteiger partial charge in [-0.05, 0) is 36.1 Å². The first-order valence-corrected chi connectivity index (χ1v) is 7.52. The lowest BCUT2D eigenvalue weighted by atomic mass is 10.1. The van der Waals surface area contributed by atoms with E-state index in [4.69, 9.17) is 10.8 Å². The summed E-state index contributed by atoms with van der Waals surface area (Å²) >= 11 is 1.82. The van der Waals surface area contributed by atoms with Crippen molar-refractivity contribution in [1.29, 1.82) is 0 Å². The maximum atomic E-state index is 11.2. The monoisotopic (exact) mass is 265 g/mol. The number of nitrogen functional groups attached to an aromatic ring is 1. The van der Waals surface area contributed by atoms with E-state index in [0.717, 1.165) is 23.0 Å². The van der Waals surface area contributed by atoms with E-state index in [1.54, 1.807) is 6.07 Å². The fraction of sp³-hybridized carbons (Fsp3) is 0.500. The van der Waals surface area contributed by atoms with Gasteiger partial charge in [-0.15, -0.1) is 0 Å². The zero-order valence-corrected chi connectivity index (χ0v) is 11.2. The Balaban J connectivity index is 1.96. The molecule has 1 aromatic rings. The minimum Gasteiger partial charge on any atom is -0.478 e. The van der Waals surface area contributed by atoms with Crippen molar-refractivity contribution in [2.24, 2.45) is 5.92 Å². The van der Waals surface area contributed by atoms with Gasteiger partial charge >= 0.3 is 5.97 Å². The van der Waals surface area contributed by atoms with Crippen molar-refractivity contribution < 1.29 is 9.90 Å². The number of nitrogens with two attached hydrogens (primary N) is 1.